The molecule has 104 valence electrons. The van der Waals surface area contributed by atoms with Gasteiger partial charge in [-0.2, -0.15) is 0 Å². The van der Waals surface area contributed by atoms with Crippen LogP contribution in [0.4, 0.5) is 20.2 Å². The highest BCUT2D eigenvalue weighted by molar-refractivity contribution is 5.90. The molecule has 0 aromatic heterocycles. The van der Waals surface area contributed by atoms with Crippen LogP contribution in [0.3, 0.4) is 0 Å². The average molecular weight is 278 g/mol. The van der Waals surface area contributed by atoms with Gasteiger partial charge in [-0.3, -0.25) is 0 Å². The second-order valence-electron chi connectivity index (χ2n) is 4.21. The Balaban J connectivity index is 2.18. The van der Waals surface area contributed by atoms with Crippen molar-refractivity contribution in [1.29, 1.82) is 0 Å². The number of halogens is 2. The first kappa shape index (κ1) is 13.8. The van der Waals surface area contributed by atoms with E-state index in [1.807, 2.05) is 0 Å². The van der Waals surface area contributed by atoms with Crippen molar-refractivity contribution in [2.45, 2.75) is 6.54 Å². The Hall–Kier alpha value is -2.63. The van der Waals surface area contributed by atoms with Crippen LogP contribution in [0.5, 0.6) is 0 Å². The maximum absolute atomic E-state index is 13.5. The van der Waals surface area contributed by atoms with E-state index in [2.05, 4.69) is 5.32 Å². The van der Waals surface area contributed by atoms with Crippen LogP contribution in [-0.2, 0) is 6.54 Å². The van der Waals surface area contributed by atoms with Crippen LogP contribution in [0.1, 0.15) is 15.9 Å². The van der Waals surface area contributed by atoms with Gasteiger partial charge in [-0.05, 0) is 29.8 Å². The highest BCUT2D eigenvalue weighted by Crippen LogP contribution is 2.23. The van der Waals surface area contributed by atoms with Crippen LogP contribution in [0.25, 0.3) is 0 Å². The van der Waals surface area contributed by atoms with Gasteiger partial charge in [-0.1, -0.05) is 12.1 Å². The first-order chi connectivity index (χ1) is 9.47. The van der Waals surface area contributed by atoms with Crippen LogP contribution in [0.15, 0.2) is 36.4 Å². The molecule has 0 radical (unpaired) electrons. The van der Waals surface area contributed by atoms with Crippen LogP contribution in [0, 0.1) is 11.6 Å². The summed E-state index contributed by atoms with van der Waals surface area (Å²) in [6.07, 6.45) is 0. The van der Waals surface area contributed by atoms with Gasteiger partial charge in [0, 0.05) is 6.54 Å². The van der Waals surface area contributed by atoms with E-state index in [-0.39, 0.29) is 23.7 Å². The average Bonchev–Trinajstić information content (AvgIpc) is 2.39. The highest BCUT2D eigenvalue weighted by Gasteiger charge is 2.13. The van der Waals surface area contributed by atoms with Crippen molar-refractivity contribution in [3.8, 4) is 0 Å². The number of benzene rings is 2. The van der Waals surface area contributed by atoms with Gasteiger partial charge in [-0.15, -0.1) is 0 Å². The molecule has 6 heteroatoms. The molecule has 4 N–H and O–H groups in total. The first-order valence-corrected chi connectivity index (χ1v) is 5.78. The number of aromatic carboxylic acids is 1. The molecule has 2 rings (SSSR count). The summed E-state index contributed by atoms with van der Waals surface area (Å²) in [5, 5.41) is 11.6. The number of carboxylic acids is 1. The molecule has 0 heterocycles. The standard InChI is InChI=1S/C14H12F2N2O2/c15-9-3-1-2-8(4-9)7-18-13-6-11(16)10(14(19)20)5-12(13)17/h1-6,18H,7,17H2,(H,19,20). The Bertz CT molecular complexity index is 660. The predicted molar refractivity (Wildman–Crippen MR) is 71.5 cm³/mol. The Morgan fingerprint density at radius 2 is 2.00 bits per heavy atom. The lowest BCUT2D eigenvalue weighted by molar-refractivity contribution is 0.0692. The molecule has 2 aromatic rings. The Morgan fingerprint density at radius 3 is 2.65 bits per heavy atom. The van der Waals surface area contributed by atoms with Gasteiger partial charge in [0.1, 0.15) is 11.6 Å². The Kier molecular flexibility index (Phi) is 3.84. The Labute approximate surface area is 113 Å². The van der Waals surface area contributed by atoms with Gasteiger partial charge in [0.25, 0.3) is 0 Å². The summed E-state index contributed by atoms with van der Waals surface area (Å²) in [4.78, 5) is 10.7. The molecule has 20 heavy (non-hydrogen) atoms. The summed E-state index contributed by atoms with van der Waals surface area (Å²) >= 11 is 0. The Morgan fingerprint density at radius 1 is 1.25 bits per heavy atom. The van der Waals surface area contributed by atoms with Gasteiger partial charge in [0.05, 0.1) is 16.9 Å². The van der Waals surface area contributed by atoms with Crippen molar-refractivity contribution in [3.63, 3.8) is 0 Å². The third-order valence-electron chi connectivity index (χ3n) is 2.74. The fourth-order valence-corrected chi connectivity index (χ4v) is 1.75. The zero-order valence-electron chi connectivity index (χ0n) is 10.4. The number of hydrogen-bond acceptors (Lipinski definition) is 3. The van der Waals surface area contributed by atoms with Crippen molar-refractivity contribution in [2.24, 2.45) is 0 Å². The van der Waals surface area contributed by atoms with E-state index in [0.717, 1.165) is 12.1 Å². The topological polar surface area (TPSA) is 75.4 Å². The maximum atomic E-state index is 13.5. The fourth-order valence-electron chi connectivity index (χ4n) is 1.75. The lowest BCUT2D eigenvalue weighted by Gasteiger charge is -2.11. The molecule has 0 saturated heterocycles. The van der Waals surface area contributed by atoms with Crippen LogP contribution in [-0.4, -0.2) is 11.1 Å². The summed E-state index contributed by atoms with van der Waals surface area (Å²) < 4.78 is 26.5. The fraction of sp³-hybridized carbons (Fsp3) is 0.0714. The van der Waals surface area contributed by atoms with Gasteiger partial charge in [0.15, 0.2) is 0 Å². The molecular weight excluding hydrogens is 266 g/mol. The van der Waals surface area contributed by atoms with E-state index in [4.69, 9.17) is 10.8 Å². The highest BCUT2D eigenvalue weighted by atomic mass is 19.1. The number of carboxylic acid groups (broad SMARTS) is 1. The molecule has 0 unspecified atom stereocenters. The molecule has 0 aliphatic heterocycles. The smallest absolute Gasteiger partial charge is 0.338 e. The quantitative estimate of drug-likeness (QED) is 0.752. The zero-order chi connectivity index (χ0) is 14.7. The van der Waals surface area contributed by atoms with Gasteiger partial charge >= 0.3 is 5.97 Å². The minimum absolute atomic E-state index is 0.111. The summed E-state index contributed by atoms with van der Waals surface area (Å²) in [7, 11) is 0. The number of hydrogen-bond donors (Lipinski definition) is 3. The number of carbonyl (C=O) groups is 1. The molecule has 0 bridgehead atoms. The third-order valence-corrected chi connectivity index (χ3v) is 2.74. The summed E-state index contributed by atoms with van der Waals surface area (Å²) in [5.74, 6) is -2.64. The number of rotatable bonds is 4. The van der Waals surface area contributed by atoms with E-state index >= 15 is 0 Å². The summed E-state index contributed by atoms with van der Waals surface area (Å²) in [6.45, 7) is 0.244. The van der Waals surface area contributed by atoms with E-state index in [0.29, 0.717) is 5.56 Å². The minimum atomic E-state index is -1.38. The lowest BCUT2D eigenvalue weighted by Crippen LogP contribution is -2.07. The minimum Gasteiger partial charge on any atom is -0.478 e. The number of nitrogens with one attached hydrogen (secondary N) is 1. The van der Waals surface area contributed by atoms with Gasteiger partial charge in [-0.25, -0.2) is 13.6 Å². The molecule has 0 spiro atoms. The molecular formula is C14H12F2N2O2. The van der Waals surface area contributed by atoms with E-state index in [9.17, 15) is 13.6 Å². The van der Waals surface area contributed by atoms with Crippen LogP contribution >= 0.6 is 0 Å². The molecule has 0 atom stereocenters. The van der Waals surface area contributed by atoms with E-state index in [1.165, 1.54) is 12.1 Å². The summed E-state index contributed by atoms with van der Waals surface area (Å²) in [6, 6.07) is 7.98. The van der Waals surface area contributed by atoms with Gasteiger partial charge in [0.2, 0.25) is 0 Å². The lowest BCUT2D eigenvalue weighted by atomic mass is 10.1. The van der Waals surface area contributed by atoms with Crippen molar-refractivity contribution in [2.75, 3.05) is 11.1 Å². The second-order valence-corrected chi connectivity index (χ2v) is 4.21. The SMILES string of the molecule is Nc1cc(C(=O)O)c(F)cc1NCc1cccc(F)c1. The van der Waals surface area contributed by atoms with E-state index in [1.54, 1.807) is 12.1 Å². The largest absolute Gasteiger partial charge is 0.478 e. The molecule has 0 fully saturated rings. The molecule has 2 aromatic carbocycles. The molecule has 0 aliphatic carbocycles. The van der Waals surface area contributed by atoms with Crippen molar-refractivity contribution in [3.05, 3.63) is 59.2 Å². The number of nitrogen functional groups attached to an aromatic ring is 1. The molecule has 0 saturated carbocycles. The van der Waals surface area contributed by atoms with Crippen LogP contribution in [0.2, 0.25) is 0 Å². The first-order valence-electron chi connectivity index (χ1n) is 5.78. The third kappa shape index (κ3) is 3.03. The normalized spacial score (nSPS) is 10.3. The molecule has 0 aliphatic rings. The number of nitrogens with two attached hydrogens (primary N) is 1. The van der Waals surface area contributed by atoms with Crippen molar-refractivity contribution >= 4 is 17.3 Å². The van der Waals surface area contributed by atoms with Crippen molar-refractivity contribution in [1.82, 2.24) is 0 Å². The number of anilines is 2. The van der Waals surface area contributed by atoms with E-state index < -0.39 is 17.3 Å². The summed E-state index contributed by atoms with van der Waals surface area (Å²) in [5.41, 5.74) is 6.20. The zero-order valence-corrected chi connectivity index (χ0v) is 10.4. The second kappa shape index (κ2) is 5.56. The maximum Gasteiger partial charge on any atom is 0.338 e. The monoisotopic (exact) mass is 278 g/mol. The molecule has 0 amide bonds. The van der Waals surface area contributed by atoms with Gasteiger partial charge < -0.3 is 16.2 Å². The molecule has 4 nitrogen and oxygen atoms in total. The van der Waals surface area contributed by atoms with Crippen molar-refractivity contribution < 1.29 is 18.7 Å². The predicted octanol–water partition coefficient (Wildman–Crippen LogP) is 2.86. The van der Waals surface area contributed by atoms with Crippen LogP contribution < -0.4 is 11.1 Å².